The monoisotopic (exact) mass is 233 g/mol. The highest BCUT2D eigenvalue weighted by atomic mass is 16.3. The molecule has 0 unspecified atom stereocenters. The Morgan fingerprint density at radius 1 is 1.47 bits per heavy atom. The third kappa shape index (κ3) is 1.93. The Morgan fingerprint density at radius 3 is 2.71 bits per heavy atom. The van der Waals surface area contributed by atoms with Gasteiger partial charge in [0.25, 0.3) is 0 Å². The van der Waals surface area contributed by atoms with E-state index in [0.717, 1.165) is 5.56 Å². The molecule has 0 bridgehead atoms. The lowest BCUT2D eigenvalue weighted by Gasteiger charge is -2.14. The fourth-order valence-corrected chi connectivity index (χ4v) is 1.76. The Hall–Kier alpha value is -1.75. The Balaban J connectivity index is 2.74. The summed E-state index contributed by atoms with van der Waals surface area (Å²) in [6, 6.07) is 3.50. The molecule has 0 aliphatic heterocycles. The molecule has 17 heavy (non-hydrogen) atoms. The average Bonchev–Trinajstić information content (AvgIpc) is 2.65. The van der Waals surface area contributed by atoms with Gasteiger partial charge in [-0.15, -0.1) is 4.91 Å². The third-order valence-corrected chi connectivity index (χ3v) is 2.64. The Bertz CT molecular complexity index is 567. The predicted octanol–water partition coefficient (Wildman–Crippen LogP) is 2.52. The van der Waals surface area contributed by atoms with Crippen LogP contribution < -0.4 is 0 Å². The summed E-state index contributed by atoms with van der Waals surface area (Å²) in [5.41, 5.74) is 1.83. The second-order valence-electron chi connectivity index (χ2n) is 5.05. The molecule has 0 aromatic carbocycles. The molecule has 0 atom stereocenters. The average molecular weight is 233 g/mol. The molecule has 0 saturated carbocycles. The van der Waals surface area contributed by atoms with Gasteiger partial charge in [-0.3, -0.25) is 4.40 Å². The number of nitrogens with zero attached hydrogens (tertiary/aromatic N) is 3. The molecular formula is C12H15N3O2. The molecular weight excluding hydrogens is 218 g/mol. The molecule has 2 rings (SSSR count). The zero-order valence-corrected chi connectivity index (χ0v) is 10.1. The highest BCUT2D eigenvalue weighted by Gasteiger charge is 2.24. The van der Waals surface area contributed by atoms with Crippen molar-refractivity contribution in [3.8, 4) is 0 Å². The van der Waals surface area contributed by atoms with Gasteiger partial charge < -0.3 is 5.11 Å². The van der Waals surface area contributed by atoms with Gasteiger partial charge in [-0.25, -0.2) is 4.98 Å². The van der Waals surface area contributed by atoms with Gasteiger partial charge in [0.05, 0.1) is 12.3 Å². The lowest BCUT2D eigenvalue weighted by atomic mass is 9.92. The van der Waals surface area contributed by atoms with E-state index in [1.54, 1.807) is 22.7 Å². The van der Waals surface area contributed by atoms with Crippen molar-refractivity contribution in [2.45, 2.75) is 32.8 Å². The molecule has 5 heteroatoms. The number of imidazole rings is 1. The number of hydrogen-bond acceptors (Lipinski definition) is 4. The van der Waals surface area contributed by atoms with Crippen molar-refractivity contribution in [2.24, 2.45) is 5.18 Å². The smallest absolute Gasteiger partial charge is 0.205 e. The van der Waals surface area contributed by atoms with Crippen LogP contribution in [0.1, 0.15) is 32.0 Å². The van der Waals surface area contributed by atoms with Crippen molar-refractivity contribution < 1.29 is 5.11 Å². The number of aromatic nitrogens is 2. The molecule has 2 aromatic heterocycles. The first-order chi connectivity index (χ1) is 7.97. The Morgan fingerprint density at radius 2 is 2.18 bits per heavy atom. The highest BCUT2D eigenvalue weighted by Crippen LogP contribution is 2.31. The zero-order chi connectivity index (χ0) is 12.6. The molecule has 1 N–H and O–H groups in total. The van der Waals surface area contributed by atoms with Crippen LogP contribution in [0, 0.1) is 4.91 Å². The van der Waals surface area contributed by atoms with Crippen LogP contribution in [0.15, 0.2) is 23.5 Å². The quantitative estimate of drug-likeness (QED) is 0.810. The lowest BCUT2D eigenvalue weighted by Crippen LogP contribution is -2.11. The van der Waals surface area contributed by atoms with Crippen LogP contribution in [0.4, 0.5) is 5.82 Å². The number of rotatable bonds is 2. The van der Waals surface area contributed by atoms with E-state index in [2.05, 4.69) is 10.2 Å². The summed E-state index contributed by atoms with van der Waals surface area (Å²) >= 11 is 0. The summed E-state index contributed by atoms with van der Waals surface area (Å²) in [6.45, 7) is 5.90. The second-order valence-corrected chi connectivity index (χ2v) is 5.05. The van der Waals surface area contributed by atoms with Crippen LogP contribution in [-0.4, -0.2) is 14.5 Å². The molecule has 90 valence electrons. The van der Waals surface area contributed by atoms with Crippen LogP contribution in [-0.2, 0) is 12.0 Å². The van der Waals surface area contributed by atoms with Crippen molar-refractivity contribution in [1.29, 1.82) is 0 Å². The topological polar surface area (TPSA) is 67.0 Å². The number of nitroso groups, excluding NO2 is 1. The van der Waals surface area contributed by atoms with Crippen molar-refractivity contribution in [2.75, 3.05) is 0 Å². The van der Waals surface area contributed by atoms with E-state index in [9.17, 15) is 4.91 Å². The van der Waals surface area contributed by atoms with Gasteiger partial charge in [0.2, 0.25) is 5.82 Å². The standard InChI is InChI=1S/C12H15N3O2/c1-12(2,3)10-11(14-17)15-5-4-8(7-16)6-9(15)13-10/h4-6,16H,7H2,1-3H3. The molecule has 0 aliphatic carbocycles. The SMILES string of the molecule is CC(C)(C)c1nc2cc(CO)ccn2c1N=O. The fourth-order valence-electron chi connectivity index (χ4n) is 1.76. The van der Waals surface area contributed by atoms with Crippen LogP contribution >= 0.6 is 0 Å². The van der Waals surface area contributed by atoms with E-state index >= 15 is 0 Å². The van der Waals surface area contributed by atoms with Gasteiger partial charge in [0, 0.05) is 11.6 Å². The molecule has 0 amide bonds. The van der Waals surface area contributed by atoms with Crippen molar-refractivity contribution in [3.05, 3.63) is 34.5 Å². The summed E-state index contributed by atoms with van der Waals surface area (Å²) in [5, 5.41) is 12.1. The zero-order valence-electron chi connectivity index (χ0n) is 10.1. The van der Waals surface area contributed by atoms with Gasteiger partial charge in [-0.05, 0) is 22.9 Å². The van der Waals surface area contributed by atoms with Crippen LogP contribution in [0.5, 0.6) is 0 Å². The van der Waals surface area contributed by atoms with Crippen molar-refractivity contribution in [3.63, 3.8) is 0 Å². The van der Waals surface area contributed by atoms with Gasteiger partial charge in [0.15, 0.2) is 0 Å². The van der Waals surface area contributed by atoms with E-state index in [1.165, 1.54) is 0 Å². The van der Waals surface area contributed by atoms with Gasteiger partial charge in [-0.2, -0.15) is 0 Å². The first-order valence-corrected chi connectivity index (χ1v) is 5.43. The van der Waals surface area contributed by atoms with Crippen LogP contribution in [0.3, 0.4) is 0 Å². The number of hydrogen-bond donors (Lipinski definition) is 1. The molecule has 2 aromatic rings. The van der Waals surface area contributed by atoms with E-state index in [-0.39, 0.29) is 12.0 Å². The molecule has 2 heterocycles. The van der Waals surface area contributed by atoms with Gasteiger partial charge >= 0.3 is 0 Å². The van der Waals surface area contributed by atoms with Gasteiger partial charge in [-0.1, -0.05) is 20.8 Å². The Kier molecular flexibility index (Phi) is 2.71. The number of aliphatic hydroxyl groups excluding tert-OH is 1. The van der Waals surface area contributed by atoms with Gasteiger partial charge in [0.1, 0.15) is 5.65 Å². The summed E-state index contributed by atoms with van der Waals surface area (Å²) in [6.07, 6.45) is 1.71. The minimum Gasteiger partial charge on any atom is -0.392 e. The largest absolute Gasteiger partial charge is 0.392 e. The summed E-state index contributed by atoms with van der Waals surface area (Å²) < 4.78 is 1.65. The minimum atomic E-state index is -0.241. The molecule has 0 fully saturated rings. The van der Waals surface area contributed by atoms with E-state index in [4.69, 9.17) is 5.11 Å². The van der Waals surface area contributed by atoms with E-state index in [1.807, 2.05) is 20.8 Å². The maximum Gasteiger partial charge on any atom is 0.205 e. The third-order valence-electron chi connectivity index (χ3n) is 2.64. The maximum atomic E-state index is 10.9. The number of pyridine rings is 1. The fraction of sp³-hybridized carbons (Fsp3) is 0.417. The van der Waals surface area contributed by atoms with Crippen molar-refractivity contribution >= 4 is 11.5 Å². The normalized spacial score (nSPS) is 12.0. The molecule has 5 nitrogen and oxygen atoms in total. The molecule has 0 aliphatic rings. The minimum absolute atomic E-state index is 0.0436. The lowest BCUT2D eigenvalue weighted by molar-refractivity contribution is 0.282. The number of aliphatic hydroxyl groups is 1. The number of fused-ring (bicyclic) bond motifs is 1. The van der Waals surface area contributed by atoms with E-state index in [0.29, 0.717) is 17.2 Å². The first kappa shape index (κ1) is 11.7. The molecule has 0 spiro atoms. The van der Waals surface area contributed by atoms with Crippen molar-refractivity contribution in [1.82, 2.24) is 9.38 Å². The summed E-state index contributed by atoms with van der Waals surface area (Å²) in [5.74, 6) is 0.331. The summed E-state index contributed by atoms with van der Waals surface area (Å²) in [7, 11) is 0. The maximum absolute atomic E-state index is 10.9. The Labute approximate surface area is 99.1 Å². The highest BCUT2D eigenvalue weighted by molar-refractivity contribution is 5.55. The second kappa shape index (κ2) is 3.92. The van der Waals surface area contributed by atoms with E-state index < -0.39 is 0 Å². The van der Waals surface area contributed by atoms with Crippen LogP contribution in [0.25, 0.3) is 5.65 Å². The first-order valence-electron chi connectivity index (χ1n) is 5.43. The predicted molar refractivity (Wildman–Crippen MR) is 65.3 cm³/mol. The molecule has 0 radical (unpaired) electrons. The molecule has 0 saturated heterocycles. The summed E-state index contributed by atoms with van der Waals surface area (Å²) in [4.78, 5) is 15.4. The van der Waals surface area contributed by atoms with Crippen LogP contribution in [0.2, 0.25) is 0 Å².